The van der Waals surface area contributed by atoms with Crippen LogP contribution in [-0.2, 0) is 11.3 Å². The van der Waals surface area contributed by atoms with Crippen LogP contribution in [0.4, 0.5) is 0 Å². The number of fused-ring (bicyclic) bond motifs is 1. The molecule has 0 unspecified atom stereocenters. The van der Waals surface area contributed by atoms with Crippen LogP contribution in [0.15, 0.2) is 48.5 Å². The molecular weight excluding hydrogens is 382 g/mol. The number of nitrogens with zero attached hydrogens (tertiary/aromatic N) is 3. The number of carbonyl (C=O) groups is 2. The van der Waals surface area contributed by atoms with Gasteiger partial charge in [0.15, 0.2) is 11.5 Å². The van der Waals surface area contributed by atoms with E-state index in [0.29, 0.717) is 30.2 Å². The maximum Gasteiger partial charge on any atom is 0.254 e. The van der Waals surface area contributed by atoms with Crippen molar-refractivity contribution >= 4 is 11.8 Å². The number of benzene rings is 2. The maximum atomic E-state index is 12.8. The summed E-state index contributed by atoms with van der Waals surface area (Å²) in [5, 5.41) is 0. The first-order valence-corrected chi connectivity index (χ1v) is 10.4. The van der Waals surface area contributed by atoms with Crippen LogP contribution in [0.25, 0.3) is 0 Å². The molecule has 0 aliphatic carbocycles. The topological polar surface area (TPSA) is 62.3 Å². The Labute approximate surface area is 175 Å². The van der Waals surface area contributed by atoms with E-state index in [9.17, 15) is 9.59 Å². The minimum Gasteiger partial charge on any atom is -0.454 e. The number of amides is 2. The van der Waals surface area contributed by atoms with Crippen molar-refractivity contribution in [2.24, 2.45) is 5.92 Å². The van der Waals surface area contributed by atoms with Gasteiger partial charge in [-0.1, -0.05) is 30.3 Å². The van der Waals surface area contributed by atoms with Crippen molar-refractivity contribution < 1.29 is 19.1 Å². The molecule has 2 aromatic rings. The van der Waals surface area contributed by atoms with Crippen molar-refractivity contribution in [2.45, 2.75) is 6.54 Å². The van der Waals surface area contributed by atoms with Gasteiger partial charge in [0.1, 0.15) is 0 Å². The van der Waals surface area contributed by atoms with Gasteiger partial charge in [0, 0.05) is 51.4 Å². The van der Waals surface area contributed by atoms with Crippen molar-refractivity contribution in [3.63, 3.8) is 0 Å². The summed E-state index contributed by atoms with van der Waals surface area (Å²) < 4.78 is 10.6. The van der Waals surface area contributed by atoms with E-state index in [1.54, 1.807) is 23.1 Å². The lowest BCUT2D eigenvalue weighted by Crippen LogP contribution is -2.59. The molecule has 3 heterocycles. The molecule has 7 nitrogen and oxygen atoms in total. The van der Waals surface area contributed by atoms with E-state index < -0.39 is 0 Å². The van der Waals surface area contributed by atoms with Crippen LogP contribution in [0.1, 0.15) is 15.9 Å². The van der Waals surface area contributed by atoms with Crippen molar-refractivity contribution in [1.29, 1.82) is 0 Å². The first kappa shape index (κ1) is 18.9. The molecule has 2 aromatic carbocycles. The van der Waals surface area contributed by atoms with Gasteiger partial charge in [-0.3, -0.25) is 14.5 Å². The molecule has 3 aliphatic rings. The van der Waals surface area contributed by atoms with Gasteiger partial charge in [-0.25, -0.2) is 0 Å². The van der Waals surface area contributed by atoms with Gasteiger partial charge in [0.05, 0.1) is 5.92 Å². The molecule has 0 aromatic heterocycles. The van der Waals surface area contributed by atoms with Crippen molar-refractivity contribution in [3.8, 4) is 11.5 Å². The molecule has 156 valence electrons. The van der Waals surface area contributed by atoms with Gasteiger partial charge in [0.2, 0.25) is 12.7 Å². The first-order valence-electron chi connectivity index (χ1n) is 10.4. The molecule has 7 heteroatoms. The van der Waals surface area contributed by atoms with Crippen LogP contribution in [0, 0.1) is 5.92 Å². The molecule has 0 bridgehead atoms. The monoisotopic (exact) mass is 407 g/mol. The molecule has 0 spiro atoms. The molecule has 5 rings (SSSR count). The summed E-state index contributed by atoms with van der Waals surface area (Å²) in [6, 6.07) is 15.6. The molecule has 0 N–H and O–H groups in total. The third-order valence-corrected chi connectivity index (χ3v) is 6.07. The van der Waals surface area contributed by atoms with Crippen LogP contribution in [0.2, 0.25) is 0 Å². The van der Waals surface area contributed by atoms with Gasteiger partial charge >= 0.3 is 0 Å². The zero-order valence-electron chi connectivity index (χ0n) is 16.8. The van der Waals surface area contributed by atoms with E-state index >= 15 is 0 Å². The fourth-order valence-electron chi connectivity index (χ4n) is 4.24. The van der Waals surface area contributed by atoms with Gasteiger partial charge in [0.25, 0.3) is 5.91 Å². The van der Waals surface area contributed by atoms with E-state index in [4.69, 9.17) is 9.47 Å². The SMILES string of the molecule is O=C(c1ccc2c(c1)OCO2)N1CC(C(=O)N2CCN(Cc3ccccc3)CC2)C1. The predicted octanol–water partition coefficient (Wildman–Crippen LogP) is 1.83. The molecule has 3 aliphatic heterocycles. The smallest absolute Gasteiger partial charge is 0.254 e. The quantitative estimate of drug-likeness (QED) is 0.774. The number of rotatable bonds is 4. The van der Waals surface area contributed by atoms with E-state index in [-0.39, 0.29) is 24.5 Å². The lowest BCUT2D eigenvalue weighted by Gasteiger charge is -2.42. The number of piperazine rings is 1. The van der Waals surface area contributed by atoms with Crippen LogP contribution in [0.3, 0.4) is 0 Å². The van der Waals surface area contributed by atoms with Crippen LogP contribution < -0.4 is 9.47 Å². The summed E-state index contributed by atoms with van der Waals surface area (Å²) >= 11 is 0. The third kappa shape index (κ3) is 3.73. The number of carbonyl (C=O) groups excluding carboxylic acids is 2. The molecule has 30 heavy (non-hydrogen) atoms. The van der Waals surface area contributed by atoms with E-state index in [1.807, 2.05) is 11.0 Å². The summed E-state index contributed by atoms with van der Waals surface area (Å²) in [7, 11) is 0. The molecule has 0 atom stereocenters. The molecule has 0 saturated carbocycles. The van der Waals surface area contributed by atoms with Crippen LogP contribution in [-0.4, -0.2) is 72.6 Å². The van der Waals surface area contributed by atoms with Gasteiger partial charge < -0.3 is 19.3 Å². The number of ether oxygens (including phenoxy) is 2. The van der Waals surface area contributed by atoms with Crippen molar-refractivity contribution in [1.82, 2.24) is 14.7 Å². The van der Waals surface area contributed by atoms with Crippen LogP contribution in [0.5, 0.6) is 11.5 Å². The maximum absolute atomic E-state index is 12.8. The Hall–Kier alpha value is -3.06. The summed E-state index contributed by atoms with van der Waals surface area (Å²) in [5.74, 6) is 1.27. The summed E-state index contributed by atoms with van der Waals surface area (Å²) in [5.41, 5.74) is 1.87. The Balaban J connectivity index is 1.10. The Morgan fingerprint density at radius 2 is 1.60 bits per heavy atom. The molecule has 2 amide bonds. The van der Waals surface area contributed by atoms with E-state index in [2.05, 4.69) is 29.2 Å². The van der Waals surface area contributed by atoms with Crippen molar-refractivity contribution in [3.05, 3.63) is 59.7 Å². The number of hydrogen-bond donors (Lipinski definition) is 0. The Kier molecular flexibility index (Phi) is 5.04. The average molecular weight is 407 g/mol. The minimum absolute atomic E-state index is 0.0648. The lowest BCUT2D eigenvalue weighted by atomic mass is 9.96. The second-order valence-electron chi connectivity index (χ2n) is 8.06. The fraction of sp³-hybridized carbons (Fsp3) is 0.391. The molecule has 2 saturated heterocycles. The minimum atomic E-state index is -0.0939. The standard InChI is InChI=1S/C23H25N3O4/c27-22(18-6-7-20-21(12-18)30-16-29-20)26-14-19(15-26)23(28)25-10-8-24(9-11-25)13-17-4-2-1-3-5-17/h1-7,12,19H,8-11,13-16H2. The predicted molar refractivity (Wildman–Crippen MR) is 110 cm³/mol. The highest BCUT2D eigenvalue weighted by Crippen LogP contribution is 2.33. The third-order valence-electron chi connectivity index (χ3n) is 6.07. The Morgan fingerprint density at radius 1 is 0.867 bits per heavy atom. The van der Waals surface area contributed by atoms with E-state index in [1.165, 1.54) is 5.56 Å². The largest absolute Gasteiger partial charge is 0.454 e. The Bertz CT molecular complexity index is 935. The van der Waals surface area contributed by atoms with Crippen molar-refractivity contribution in [2.75, 3.05) is 46.1 Å². The fourth-order valence-corrected chi connectivity index (χ4v) is 4.24. The van der Waals surface area contributed by atoms with Gasteiger partial charge in [-0.15, -0.1) is 0 Å². The Morgan fingerprint density at radius 3 is 2.37 bits per heavy atom. The molecular formula is C23H25N3O4. The summed E-state index contributed by atoms with van der Waals surface area (Å²) in [4.78, 5) is 31.6. The second-order valence-corrected chi connectivity index (χ2v) is 8.06. The average Bonchev–Trinajstić information content (AvgIpc) is 3.21. The summed E-state index contributed by atoms with van der Waals surface area (Å²) in [6.07, 6.45) is 0. The van der Waals surface area contributed by atoms with Gasteiger partial charge in [-0.2, -0.15) is 0 Å². The number of hydrogen-bond acceptors (Lipinski definition) is 5. The highest BCUT2D eigenvalue weighted by Gasteiger charge is 2.39. The normalized spacial score (nSPS) is 18.9. The first-order chi connectivity index (χ1) is 14.7. The van der Waals surface area contributed by atoms with Crippen LogP contribution >= 0.6 is 0 Å². The summed E-state index contributed by atoms with van der Waals surface area (Å²) in [6.45, 7) is 5.33. The molecule has 2 fully saturated rings. The highest BCUT2D eigenvalue weighted by molar-refractivity contribution is 5.96. The van der Waals surface area contributed by atoms with E-state index in [0.717, 1.165) is 32.7 Å². The lowest BCUT2D eigenvalue weighted by molar-refractivity contribution is -0.141. The highest BCUT2D eigenvalue weighted by atomic mass is 16.7. The molecule has 0 radical (unpaired) electrons. The number of likely N-dealkylation sites (tertiary alicyclic amines) is 1. The zero-order chi connectivity index (χ0) is 20.5. The van der Waals surface area contributed by atoms with Gasteiger partial charge in [-0.05, 0) is 23.8 Å². The zero-order valence-corrected chi connectivity index (χ0v) is 16.8. The second kappa shape index (κ2) is 7.99.